The van der Waals surface area contributed by atoms with Gasteiger partial charge in [0.15, 0.2) is 0 Å². The Morgan fingerprint density at radius 1 is 1.19 bits per heavy atom. The van der Waals surface area contributed by atoms with E-state index in [4.69, 9.17) is 9.47 Å². The van der Waals surface area contributed by atoms with Crippen molar-refractivity contribution >= 4 is 37.8 Å². The molecule has 4 nitrogen and oxygen atoms in total. The van der Waals surface area contributed by atoms with Gasteiger partial charge in [-0.2, -0.15) is 0 Å². The minimum absolute atomic E-state index is 0.484. The molecule has 0 saturated carbocycles. The molecule has 21 heavy (non-hydrogen) atoms. The number of methoxy groups -OCH3 is 1. The van der Waals surface area contributed by atoms with Crippen LogP contribution in [0, 0.1) is 0 Å². The first-order valence-electron chi connectivity index (χ1n) is 6.09. The van der Waals surface area contributed by atoms with Crippen LogP contribution in [0.25, 0.3) is 0 Å². The lowest BCUT2D eigenvalue weighted by Crippen LogP contribution is -2.19. The number of aliphatic carboxylic acids is 1. The van der Waals surface area contributed by atoms with Crippen LogP contribution in [0.4, 0.5) is 0 Å². The summed E-state index contributed by atoms with van der Waals surface area (Å²) in [6, 6.07) is 8.82. The van der Waals surface area contributed by atoms with Gasteiger partial charge in [-0.05, 0) is 30.3 Å². The first-order valence-corrected chi connectivity index (χ1v) is 7.67. The third kappa shape index (κ3) is 2.42. The molecule has 108 valence electrons. The number of fused-ring (bicyclic) bond motifs is 2. The van der Waals surface area contributed by atoms with E-state index in [9.17, 15) is 9.90 Å². The average Bonchev–Trinajstić information content (AvgIpc) is 2.43. The minimum Gasteiger partial charge on any atom is -0.496 e. The fraction of sp³-hybridized carbons (Fsp3) is 0.133. The molecule has 2 aromatic rings. The third-order valence-corrected chi connectivity index (χ3v) is 4.28. The van der Waals surface area contributed by atoms with Crippen LogP contribution in [0.2, 0.25) is 0 Å². The number of halogens is 2. The third-order valence-electron chi connectivity index (χ3n) is 3.33. The molecule has 1 N–H and O–H groups in total. The van der Waals surface area contributed by atoms with E-state index in [0.29, 0.717) is 28.4 Å². The lowest BCUT2D eigenvalue weighted by Gasteiger charge is -2.27. The summed E-state index contributed by atoms with van der Waals surface area (Å²) in [5, 5.41) is 9.67. The Balaban J connectivity index is 2.29. The summed E-state index contributed by atoms with van der Waals surface area (Å²) in [5.74, 6) is -0.261. The van der Waals surface area contributed by atoms with E-state index in [1.54, 1.807) is 24.3 Å². The van der Waals surface area contributed by atoms with Gasteiger partial charge in [-0.1, -0.05) is 31.9 Å². The molecule has 0 aromatic heterocycles. The van der Waals surface area contributed by atoms with Crippen molar-refractivity contribution in [3.63, 3.8) is 0 Å². The van der Waals surface area contributed by atoms with Gasteiger partial charge in [0.1, 0.15) is 23.2 Å². The maximum absolute atomic E-state index is 11.8. The molecule has 3 rings (SSSR count). The highest BCUT2D eigenvalue weighted by Crippen LogP contribution is 2.49. The molecule has 1 aliphatic rings. The summed E-state index contributed by atoms with van der Waals surface area (Å²) >= 11 is 6.74. The first kappa shape index (κ1) is 14.4. The highest BCUT2D eigenvalue weighted by molar-refractivity contribution is 9.10. The molecule has 0 amide bonds. The molecule has 1 heterocycles. The number of carbonyl (C=O) groups is 1. The zero-order chi connectivity index (χ0) is 15.1. The Morgan fingerprint density at radius 2 is 1.95 bits per heavy atom. The van der Waals surface area contributed by atoms with Gasteiger partial charge in [-0.25, -0.2) is 0 Å². The molecule has 0 spiro atoms. The van der Waals surface area contributed by atoms with Crippen molar-refractivity contribution in [1.29, 1.82) is 0 Å². The second-order valence-electron chi connectivity index (χ2n) is 4.58. The van der Waals surface area contributed by atoms with E-state index >= 15 is 0 Å². The number of hydrogen-bond acceptors (Lipinski definition) is 3. The van der Waals surface area contributed by atoms with Crippen LogP contribution in [0.5, 0.6) is 17.2 Å². The van der Waals surface area contributed by atoms with Crippen molar-refractivity contribution in [1.82, 2.24) is 0 Å². The fourth-order valence-corrected chi connectivity index (χ4v) is 3.27. The predicted octanol–water partition coefficient (Wildman–Crippen LogP) is 4.54. The van der Waals surface area contributed by atoms with Crippen LogP contribution in [0.1, 0.15) is 17.0 Å². The van der Waals surface area contributed by atoms with E-state index in [1.165, 1.54) is 7.11 Å². The van der Waals surface area contributed by atoms with E-state index in [-0.39, 0.29) is 0 Å². The molecular weight excluding hydrogens is 404 g/mol. The molecular formula is C15H10Br2O4. The molecule has 0 fully saturated rings. The summed E-state index contributed by atoms with van der Waals surface area (Å²) in [7, 11) is 1.51. The summed E-state index contributed by atoms with van der Waals surface area (Å²) < 4.78 is 12.7. The van der Waals surface area contributed by atoms with E-state index < -0.39 is 11.9 Å². The first-order chi connectivity index (χ1) is 10.0. The van der Waals surface area contributed by atoms with Gasteiger partial charge in [-0.15, -0.1) is 0 Å². The maximum atomic E-state index is 11.8. The molecule has 2 aromatic carbocycles. The van der Waals surface area contributed by atoms with Gasteiger partial charge in [-0.3, -0.25) is 4.79 Å². The Bertz CT molecular complexity index is 743. The van der Waals surface area contributed by atoms with Gasteiger partial charge in [0.05, 0.1) is 12.7 Å². The summed E-state index contributed by atoms with van der Waals surface area (Å²) in [5.41, 5.74) is 1.13. The quantitative estimate of drug-likeness (QED) is 0.784. The largest absolute Gasteiger partial charge is 0.496 e. The molecule has 0 radical (unpaired) electrons. The lowest BCUT2D eigenvalue weighted by atomic mass is 9.87. The van der Waals surface area contributed by atoms with Gasteiger partial charge in [0, 0.05) is 14.5 Å². The molecule has 6 heteroatoms. The minimum atomic E-state index is -0.945. The van der Waals surface area contributed by atoms with Crippen LogP contribution in [0.3, 0.4) is 0 Å². The van der Waals surface area contributed by atoms with Gasteiger partial charge in [0.25, 0.3) is 0 Å². The van der Waals surface area contributed by atoms with Crippen LogP contribution in [0.15, 0.2) is 39.3 Å². The van der Waals surface area contributed by atoms with Gasteiger partial charge < -0.3 is 14.6 Å². The van der Waals surface area contributed by atoms with Crippen LogP contribution >= 0.6 is 31.9 Å². The molecule has 1 atom stereocenters. The van der Waals surface area contributed by atoms with Gasteiger partial charge in [0.2, 0.25) is 0 Å². The molecule has 0 saturated heterocycles. The Hall–Kier alpha value is -1.53. The van der Waals surface area contributed by atoms with Crippen molar-refractivity contribution < 1.29 is 19.4 Å². The van der Waals surface area contributed by atoms with E-state index in [0.717, 1.165) is 8.95 Å². The topological polar surface area (TPSA) is 55.8 Å². The number of carboxylic acids is 1. The number of benzene rings is 2. The number of carboxylic acid groups (broad SMARTS) is 1. The maximum Gasteiger partial charge on any atom is 0.315 e. The van der Waals surface area contributed by atoms with Crippen molar-refractivity contribution in [3.8, 4) is 17.2 Å². The second kappa shape index (κ2) is 5.35. The highest BCUT2D eigenvalue weighted by atomic mass is 79.9. The van der Waals surface area contributed by atoms with Crippen LogP contribution < -0.4 is 9.47 Å². The lowest BCUT2D eigenvalue weighted by molar-refractivity contribution is -0.137. The zero-order valence-corrected chi connectivity index (χ0v) is 14.1. The summed E-state index contributed by atoms with van der Waals surface area (Å²) in [6.45, 7) is 0. The second-order valence-corrected chi connectivity index (χ2v) is 6.41. The molecule has 0 aliphatic carbocycles. The Labute approximate surface area is 137 Å². The standard InChI is InChI=1S/C15H10Br2O4/c1-20-11-5-8(17)6-12-14(11)13(15(18)19)9-4-7(16)2-3-10(9)21-12/h2-6,13H,1H3,(H,18,19). The Kier molecular flexibility index (Phi) is 3.67. The number of ether oxygens (including phenoxy) is 2. The predicted molar refractivity (Wildman–Crippen MR) is 84.4 cm³/mol. The van der Waals surface area contributed by atoms with Crippen molar-refractivity contribution in [2.45, 2.75) is 5.92 Å². The van der Waals surface area contributed by atoms with Crippen molar-refractivity contribution in [3.05, 3.63) is 50.4 Å². The zero-order valence-electron chi connectivity index (χ0n) is 10.9. The fourth-order valence-electron chi connectivity index (χ4n) is 2.48. The summed E-state index contributed by atoms with van der Waals surface area (Å²) in [6.07, 6.45) is 0. The van der Waals surface area contributed by atoms with Crippen LogP contribution in [-0.4, -0.2) is 18.2 Å². The van der Waals surface area contributed by atoms with E-state index in [1.807, 2.05) is 6.07 Å². The summed E-state index contributed by atoms with van der Waals surface area (Å²) in [4.78, 5) is 11.8. The van der Waals surface area contributed by atoms with Crippen molar-refractivity contribution in [2.24, 2.45) is 0 Å². The smallest absolute Gasteiger partial charge is 0.315 e. The Morgan fingerprint density at radius 3 is 2.62 bits per heavy atom. The monoisotopic (exact) mass is 412 g/mol. The molecule has 1 unspecified atom stereocenters. The highest BCUT2D eigenvalue weighted by Gasteiger charge is 2.36. The molecule has 0 bridgehead atoms. The molecule has 1 aliphatic heterocycles. The SMILES string of the molecule is COc1cc(Br)cc2c1C(C(=O)O)c1cc(Br)ccc1O2. The average molecular weight is 414 g/mol. The van der Waals surface area contributed by atoms with Crippen LogP contribution in [-0.2, 0) is 4.79 Å². The number of hydrogen-bond donors (Lipinski definition) is 1. The number of rotatable bonds is 2. The van der Waals surface area contributed by atoms with Crippen molar-refractivity contribution in [2.75, 3.05) is 7.11 Å². The normalized spacial score (nSPS) is 15.7. The van der Waals surface area contributed by atoms with E-state index in [2.05, 4.69) is 31.9 Å². The van der Waals surface area contributed by atoms with Gasteiger partial charge >= 0.3 is 5.97 Å².